The van der Waals surface area contributed by atoms with Crippen LogP contribution < -0.4 is 0 Å². The highest BCUT2D eigenvalue weighted by molar-refractivity contribution is 6.45. The number of allylic oxidation sites excluding steroid dienone is 1. The maximum Gasteiger partial charge on any atom is 0.335 e. The van der Waals surface area contributed by atoms with Gasteiger partial charge in [0.05, 0.1) is 12.6 Å². The second-order valence-corrected chi connectivity index (χ2v) is 7.04. The summed E-state index contributed by atoms with van der Waals surface area (Å²) in [7, 11) is 0. The lowest BCUT2D eigenvalue weighted by molar-refractivity contribution is -0.143. The Kier molecular flexibility index (Phi) is 5.50. The van der Waals surface area contributed by atoms with Gasteiger partial charge in [0.15, 0.2) is 5.78 Å². The summed E-state index contributed by atoms with van der Waals surface area (Å²) < 4.78 is 1.92. The molecule has 2 heterocycles. The van der Waals surface area contributed by atoms with E-state index in [1.807, 2.05) is 17.6 Å². The van der Waals surface area contributed by atoms with Crippen molar-refractivity contribution in [2.24, 2.45) is 0 Å². The Bertz CT molecular complexity index is 1010. The van der Waals surface area contributed by atoms with Gasteiger partial charge in [0.25, 0.3) is 0 Å². The summed E-state index contributed by atoms with van der Waals surface area (Å²) in [6.45, 7) is 9.12. The fraction of sp³-hybridized carbons (Fsp3) is 0.273. The van der Waals surface area contributed by atoms with Crippen LogP contribution in [0.2, 0.25) is 0 Å². The van der Waals surface area contributed by atoms with Gasteiger partial charge >= 0.3 is 17.8 Å². The number of imide groups is 2. The number of aromatic nitrogens is 1. The molecule has 0 radical (unpaired) electrons. The van der Waals surface area contributed by atoms with Gasteiger partial charge in [-0.25, -0.2) is 14.6 Å². The van der Waals surface area contributed by atoms with Crippen LogP contribution in [0.5, 0.6) is 0 Å². The summed E-state index contributed by atoms with van der Waals surface area (Å²) >= 11 is 0. The van der Waals surface area contributed by atoms with Crippen molar-refractivity contribution in [3.8, 4) is 0 Å². The van der Waals surface area contributed by atoms with Gasteiger partial charge in [0, 0.05) is 23.5 Å². The molecular weight excluding hydrogens is 370 g/mol. The molecule has 0 aliphatic carbocycles. The summed E-state index contributed by atoms with van der Waals surface area (Å²) in [5.74, 6) is -2.29. The molecule has 150 valence electrons. The average Bonchev–Trinajstić information content (AvgIpc) is 3.11. The predicted octanol–water partition coefficient (Wildman–Crippen LogP) is 3.03. The number of benzene rings is 1. The summed E-state index contributed by atoms with van der Waals surface area (Å²) in [6, 6.07) is 9.29. The van der Waals surface area contributed by atoms with E-state index in [1.54, 1.807) is 50.3 Å². The van der Waals surface area contributed by atoms with E-state index in [-0.39, 0.29) is 0 Å². The van der Waals surface area contributed by atoms with Crippen molar-refractivity contribution in [2.75, 3.05) is 6.54 Å². The molecule has 0 bridgehead atoms. The zero-order valence-electron chi connectivity index (χ0n) is 16.7. The second kappa shape index (κ2) is 7.87. The molecular formula is C22H23N3O4. The number of ketones is 1. The molecule has 0 saturated carbocycles. The Labute approximate surface area is 169 Å². The third-order valence-corrected chi connectivity index (χ3v) is 5.24. The molecule has 29 heavy (non-hydrogen) atoms. The monoisotopic (exact) mass is 393 g/mol. The van der Waals surface area contributed by atoms with E-state index >= 15 is 0 Å². The number of Topliss-reactive ketones (excluding diaryl/α,β-unsaturated/α-hetero) is 1. The van der Waals surface area contributed by atoms with Gasteiger partial charge in [0.1, 0.15) is 0 Å². The zero-order valence-corrected chi connectivity index (χ0v) is 16.7. The molecule has 1 saturated heterocycles. The Balaban J connectivity index is 1.83. The molecule has 1 aliphatic heterocycles. The van der Waals surface area contributed by atoms with Crippen molar-refractivity contribution in [2.45, 2.75) is 33.4 Å². The second-order valence-electron chi connectivity index (χ2n) is 7.04. The normalized spacial score (nSPS) is 15.2. The maximum atomic E-state index is 12.8. The van der Waals surface area contributed by atoms with Crippen LogP contribution in [0.15, 0.2) is 49.1 Å². The van der Waals surface area contributed by atoms with Crippen LogP contribution >= 0.6 is 0 Å². The van der Waals surface area contributed by atoms with Gasteiger partial charge in [0.2, 0.25) is 0 Å². The van der Waals surface area contributed by atoms with E-state index < -0.39 is 36.2 Å². The molecule has 1 atom stereocenters. The Morgan fingerprint density at radius 2 is 1.76 bits per heavy atom. The summed E-state index contributed by atoms with van der Waals surface area (Å²) in [6.07, 6.45) is 1.73. The number of hydrogen-bond donors (Lipinski definition) is 0. The molecule has 1 aromatic heterocycles. The minimum atomic E-state index is -0.981. The lowest BCUT2D eigenvalue weighted by Gasteiger charge is -2.22. The van der Waals surface area contributed by atoms with Crippen LogP contribution in [0.25, 0.3) is 0 Å². The molecule has 1 aromatic carbocycles. The van der Waals surface area contributed by atoms with Crippen molar-refractivity contribution < 1.29 is 19.2 Å². The lowest BCUT2D eigenvalue weighted by Crippen LogP contribution is -2.38. The molecule has 4 amide bonds. The number of urea groups is 1. The Morgan fingerprint density at radius 1 is 1.10 bits per heavy atom. The number of hydrogen-bond acceptors (Lipinski definition) is 4. The van der Waals surface area contributed by atoms with Crippen molar-refractivity contribution in [1.82, 2.24) is 14.4 Å². The van der Waals surface area contributed by atoms with Gasteiger partial charge in [-0.3, -0.25) is 14.4 Å². The van der Waals surface area contributed by atoms with Crippen LogP contribution in [0.3, 0.4) is 0 Å². The minimum Gasteiger partial charge on any atom is -0.345 e. The largest absolute Gasteiger partial charge is 0.345 e. The average molecular weight is 393 g/mol. The zero-order chi connectivity index (χ0) is 21.3. The molecule has 3 rings (SSSR count). The molecule has 7 heteroatoms. The molecule has 1 aliphatic rings. The third kappa shape index (κ3) is 3.51. The van der Waals surface area contributed by atoms with E-state index in [2.05, 4.69) is 6.58 Å². The summed E-state index contributed by atoms with van der Waals surface area (Å²) in [4.78, 5) is 52.2. The van der Waals surface area contributed by atoms with E-state index in [4.69, 9.17) is 0 Å². The first-order valence-electron chi connectivity index (χ1n) is 9.32. The van der Waals surface area contributed by atoms with E-state index in [0.29, 0.717) is 12.1 Å². The number of amides is 4. The van der Waals surface area contributed by atoms with Crippen molar-refractivity contribution in [3.63, 3.8) is 0 Å². The summed E-state index contributed by atoms with van der Waals surface area (Å²) in [5, 5.41) is 0. The first-order chi connectivity index (χ1) is 13.8. The Morgan fingerprint density at radius 3 is 2.38 bits per heavy atom. The Hall–Kier alpha value is -3.48. The molecule has 1 fully saturated rings. The van der Waals surface area contributed by atoms with Gasteiger partial charge in [-0.05, 0) is 32.4 Å². The van der Waals surface area contributed by atoms with Gasteiger partial charge in [-0.15, -0.1) is 6.58 Å². The van der Waals surface area contributed by atoms with Gasteiger partial charge in [-0.2, -0.15) is 0 Å². The van der Waals surface area contributed by atoms with Crippen molar-refractivity contribution in [1.29, 1.82) is 0 Å². The first kappa shape index (κ1) is 20.3. The highest BCUT2D eigenvalue weighted by Gasteiger charge is 2.47. The quantitative estimate of drug-likeness (QED) is 0.313. The van der Waals surface area contributed by atoms with Crippen LogP contribution in [0.1, 0.15) is 40.3 Å². The van der Waals surface area contributed by atoms with Gasteiger partial charge in [-0.1, -0.05) is 36.4 Å². The first-order valence-corrected chi connectivity index (χ1v) is 9.32. The highest BCUT2D eigenvalue weighted by atomic mass is 16.2. The van der Waals surface area contributed by atoms with Crippen LogP contribution in [0.4, 0.5) is 4.79 Å². The smallest absolute Gasteiger partial charge is 0.335 e. The molecule has 7 nitrogen and oxygen atoms in total. The third-order valence-electron chi connectivity index (χ3n) is 5.24. The number of carbonyl (C=O) groups excluding carboxylic acids is 4. The van der Waals surface area contributed by atoms with Crippen LogP contribution in [0, 0.1) is 13.8 Å². The van der Waals surface area contributed by atoms with Crippen molar-refractivity contribution >= 4 is 23.6 Å². The fourth-order valence-electron chi connectivity index (χ4n) is 3.61. The van der Waals surface area contributed by atoms with Crippen molar-refractivity contribution in [3.05, 3.63) is 71.6 Å². The molecule has 0 spiro atoms. The lowest BCUT2D eigenvalue weighted by atomic mass is 10.1. The van der Waals surface area contributed by atoms with Crippen LogP contribution in [-0.4, -0.2) is 44.5 Å². The number of rotatable bonds is 7. The standard InChI is InChI=1S/C22H23N3O4/c1-5-11-23-14(2)12-18(16(23)4)19(26)13-24-20(27)21(28)25(22(24)29)15(3)17-9-7-6-8-10-17/h5-10,12,15H,1,11,13H2,2-4H3. The van der Waals surface area contributed by atoms with E-state index in [1.165, 1.54) is 0 Å². The van der Waals surface area contributed by atoms with E-state index in [9.17, 15) is 19.2 Å². The predicted molar refractivity (Wildman–Crippen MR) is 107 cm³/mol. The number of aryl methyl sites for hydroxylation is 1. The van der Waals surface area contributed by atoms with Gasteiger partial charge < -0.3 is 4.57 Å². The molecule has 2 aromatic rings. The molecule has 1 unspecified atom stereocenters. The van der Waals surface area contributed by atoms with Crippen LogP contribution in [-0.2, 0) is 16.1 Å². The van der Waals surface area contributed by atoms with E-state index in [0.717, 1.165) is 26.8 Å². The highest BCUT2D eigenvalue weighted by Crippen LogP contribution is 2.26. The SMILES string of the molecule is C=CCn1c(C)cc(C(=O)CN2C(=O)C(=O)N(C(C)c3ccccc3)C2=O)c1C. The fourth-order valence-corrected chi connectivity index (χ4v) is 3.61. The summed E-state index contributed by atoms with van der Waals surface area (Å²) in [5.41, 5.74) is 2.75. The molecule has 0 N–H and O–H groups in total. The topological polar surface area (TPSA) is 79.7 Å². The number of carbonyl (C=O) groups is 4. The maximum absolute atomic E-state index is 12.8. The number of nitrogens with zero attached hydrogens (tertiary/aromatic N) is 3. The minimum absolute atomic E-state index is 0.392.